The summed E-state index contributed by atoms with van der Waals surface area (Å²) in [5, 5.41) is 3.80. The molecule has 10 heteroatoms. The normalized spacial score (nSPS) is 13.1. The second-order valence-electron chi connectivity index (χ2n) is 9.21. The zero-order valence-corrected chi connectivity index (χ0v) is 24.5. The molecule has 0 aliphatic rings. The molecule has 2 atom stereocenters. The van der Waals surface area contributed by atoms with Gasteiger partial charge in [0.05, 0.1) is 11.9 Å². The number of benzene rings is 2. The minimum absolute atomic E-state index is 0.0339. The number of carbonyl (C=O) groups excluding carboxylic acids is 2. The first-order valence-corrected chi connectivity index (χ1v) is 15.1. The second-order valence-corrected chi connectivity index (χ2v) is 12.0. The van der Waals surface area contributed by atoms with Gasteiger partial charge in [-0.1, -0.05) is 55.2 Å². The van der Waals surface area contributed by atoms with Gasteiger partial charge in [0.15, 0.2) is 0 Å². The molecule has 1 N–H and O–H groups in total. The van der Waals surface area contributed by atoms with Crippen molar-refractivity contribution in [2.45, 2.75) is 72.0 Å². The number of hydrogen-bond acceptors (Lipinski definition) is 4. The molecule has 0 fully saturated rings. The Bertz CT molecular complexity index is 1170. The van der Waals surface area contributed by atoms with Crippen molar-refractivity contribution < 1.29 is 18.0 Å². The van der Waals surface area contributed by atoms with E-state index < -0.39 is 16.1 Å². The Morgan fingerprint density at radius 2 is 1.68 bits per heavy atom. The minimum Gasteiger partial charge on any atom is -0.352 e. The zero-order chi connectivity index (χ0) is 27.8. The summed E-state index contributed by atoms with van der Waals surface area (Å²) in [5.74, 6) is -0.533. The van der Waals surface area contributed by atoms with Gasteiger partial charge in [-0.3, -0.25) is 13.9 Å². The van der Waals surface area contributed by atoms with Crippen molar-refractivity contribution in [1.82, 2.24) is 10.2 Å². The number of halogens is 2. The average Bonchev–Trinajstić information content (AvgIpc) is 2.84. The molecule has 2 aromatic rings. The standard InChI is InChI=1S/C27H37Cl2N3O4S/c1-6-19(3)30-27(34)20(4)31(18-22-12-13-23(28)17-25(22)29)26(33)9-8-16-32(37(5,35)36)24-14-10-21(7-2)11-15-24/h10-15,17,19-20H,6-9,16,18H2,1-5H3,(H,30,34)/t19-,20-/m0/s1. The van der Waals surface area contributed by atoms with Crippen molar-refractivity contribution in [1.29, 1.82) is 0 Å². The first-order valence-electron chi connectivity index (χ1n) is 12.5. The number of amides is 2. The Hall–Kier alpha value is -2.29. The number of rotatable bonds is 13. The number of carbonyl (C=O) groups is 2. The van der Waals surface area contributed by atoms with E-state index in [0.717, 1.165) is 24.7 Å². The average molecular weight is 571 g/mol. The number of nitrogens with zero attached hydrogens (tertiary/aromatic N) is 2. The molecule has 0 saturated carbocycles. The molecule has 2 rings (SSSR count). The van der Waals surface area contributed by atoms with Gasteiger partial charge in [-0.2, -0.15) is 0 Å². The monoisotopic (exact) mass is 569 g/mol. The molecule has 204 valence electrons. The molecule has 0 radical (unpaired) electrons. The maximum atomic E-state index is 13.4. The smallest absolute Gasteiger partial charge is 0.242 e. The predicted molar refractivity (Wildman–Crippen MR) is 152 cm³/mol. The van der Waals surface area contributed by atoms with Crippen LogP contribution in [-0.4, -0.2) is 50.0 Å². The fraction of sp³-hybridized carbons (Fsp3) is 0.481. The summed E-state index contributed by atoms with van der Waals surface area (Å²) in [6.45, 7) is 7.84. The van der Waals surface area contributed by atoms with Crippen molar-refractivity contribution in [2.24, 2.45) is 0 Å². The molecule has 0 bridgehead atoms. The van der Waals surface area contributed by atoms with E-state index in [1.807, 2.05) is 32.9 Å². The number of sulfonamides is 1. The van der Waals surface area contributed by atoms with E-state index in [4.69, 9.17) is 23.2 Å². The summed E-state index contributed by atoms with van der Waals surface area (Å²) in [6.07, 6.45) is 3.11. The second kappa shape index (κ2) is 14.0. The lowest BCUT2D eigenvalue weighted by Gasteiger charge is -2.30. The van der Waals surface area contributed by atoms with E-state index in [0.29, 0.717) is 21.3 Å². The molecule has 0 unspecified atom stereocenters. The summed E-state index contributed by atoms with van der Waals surface area (Å²) in [6, 6.07) is 11.6. The molecule has 0 saturated heterocycles. The lowest BCUT2D eigenvalue weighted by Crippen LogP contribution is -2.49. The van der Waals surface area contributed by atoms with Gasteiger partial charge in [0.25, 0.3) is 0 Å². The highest BCUT2D eigenvalue weighted by atomic mass is 35.5. The Balaban J connectivity index is 2.20. The zero-order valence-electron chi connectivity index (χ0n) is 22.1. The largest absolute Gasteiger partial charge is 0.352 e. The predicted octanol–water partition coefficient (Wildman–Crippen LogP) is 5.43. The topological polar surface area (TPSA) is 86.8 Å². The third kappa shape index (κ3) is 9.20. The Kier molecular flexibility index (Phi) is 11.7. The third-order valence-corrected chi connectivity index (χ3v) is 8.09. The van der Waals surface area contributed by atoms with Crippen molar-refractivity contribution in [3.8, 4) is 0 Å². The minimum atomic E-state index is -3.55. The first-order chi connectivity index (χ1) is 17.4. The Morgan fingerprint density at radius 1 is 1.03 bits per heavy atom. The summed E-state index contributed by atoms with van der Waals surface area (Å²) < 4.78 is 26.3. The number of aryl methyl sites for hydroxylation is 1. The van der Waals surface area contributed by atoms with E-state index in [2.05, 4.69) is 5.32 Å². The number of anilines is 1. The van der Waals surface area contributed by atoms with E-state index in [1.54, 1.807) is 37.3 Å². The van der Waals surface area contributed by atoms with E-state index in [-0.39, 0.29) is 43.8 Å². The maximum Gasteiger partial charge on any atom is 0.242 e. The molecule has 0 aliphatic heterocycles. The van der Waals surface area contributed by atoms with Gasteiger partial charge >= 0.3 is 0 Å². The summed E-state index contributed by atoms with van der Waals surface area (Å²) in [4.78, 5) is 27.8. The van der Waals surface area contributed by atoms with Crippen LogP contribution in [0.15, 0.2) is 42.5 Å². The molecule has 7 nitrogen and oxygen atoms in total. The number of nitrogens with one attached hydrogen (secondary N) is 1. The van der Waals surface area contributed by atoms with Crippen LogP contribution in [0.25, 0.3) is 0 Å². The van der Waals surface area contributed by atoms with Crippen molar-refractivity contribution in [3.05, 3.63) is 63.6 Å². The van der Waals surface area contributed by atoms with Gasteiger partial charge in [0.2, 0.25) is 21.8 Å². The SMILES string of the molecule is CCc1ccc(N(CCCC(=O)N(Cc2ccc(Cl)cc2Cl)[C@@H](C)C(=O)N[C@@H](C)CC)S(C)(=O)=O)cc1. The van der Waals surface area contributed by atoms with Gasteiger partial charge in [-0.25, -0.2) is 8.42 Å². The lowest BCUT2D eigenvalue weighted by atomic mass is 10.1. The highest BCUT2D eigenvalue weighted by Crippen LogP contribution is 2.24. The van der Waals surface area contributed by atoms with Crippen LogP contribution in [0.3, 0.4) is 0 Å². The maximum absolute atomic E-state index is 13.4. The van der Waals surface area contributed by atoms with E-state index in [1.165, 1.54) is 9.21 Å². The fourth-order valence-corrected chi connectivity index (χ4v) is 5.22. The molecule has 0 aliphatic carbocycles. The van der Waals surface area contributed by atoms with Crippen molar-refractivity contribution in [2.75, 3.05) is 17.1 Å². The van der Waals surface area contributed by atoms with Crippen LogP contribution in [0, 0.1) is 0 Å². The van der Waals surface area contributed by atoms with Crippen LogP contribution in [0.1, 0.15) is 58.1 Å². The molecular formula is C27H37Cl2N3O4S. The highest BCUT2D eigenvalue weighted by molar-refractivity contribution is 7.92. The Morgan fingerprint density at radius 3 is 2.22 bits per heavy atom. The van der Waals surface area contributed by atoms with E-state index >= 15 is 0 Å². The third-order valence-electron chi connectivity index (χ3n) is 6.31. The molecule has 0 aromatic heterocycles. The highest BCUT2D eigenvalue weighted by Gasteiger charge is 2.27. The molecule has 0 spiro atoms. The van der Waals surface area contributed by atoms with Crippen LogP contribution in [0.5, 0.6) is 0 Å². The van der Waals surface area contributed by atoms with Crippen molar-refractivity contribution in [3.63, 3.8) is 0 Å². The van der Waals surface area contributed by atoms with E-state index in [9.17, 15) is 18.0 Å². The van der Waals surface area contributed by atoms with Crippen LogP contribution in [0.2, 0.25) is 10.0 Å². The quantitative estimate of drug-likeness (QED) is 0.348. The van der Waals surface area contributed by atoms with Crippen molar-refractivity contribution >= 4 is 50.7 Å². The first kappa shape index (κ1) is 30.9. The summed E-state index contributed by atoms with van der Waals surface area (Å²) in [5.41, 5.74) is 2.32. The Labute approximate surface area is 231 Å². The van der Waals surface area contributed by atoms with Gasteiger partial charge in [0.1, 0.15) is 6.04 Å². The molecule has 2 amide bonds. The van der Waals surface area contributed by atoms with Gasteiger partial charge in [-0.15, -0.1) is 0 Å². The molecule has 37 heavy (non-hydrogen) atoms. The van der Waals surface area contributed by atoms with Crippen LogP contribution < -0.4 is 9.62 Å². The van der Waals surface area contributed by atoms with Crippen LogP contribution in [-0.2, 0) is 32.6 Å². The molecular weight excluding hydrogens is 533 g/mol. The number of hydrogen-bond donors (Lipinski definition) is 1. The summed E-state index contributed by atoms with van der Waals surface area (Å²) >= 11 is 12.4. The van der Waals surface area contributed by atoms with Crippen LogP contribution in [0.4, 0.5) is 5.69 Å². The lowest BCUT2D eigenvalue weighted by molar-refractivity contribution is -0.140. The summed E-state index contributed by atoms with van der Waals surface area (Å²) in [7, 11) is -3.55. The van der Waals surface area contributed by atoms with Crippen LogP contribution >= 0.6 is 23.2 Å². The van der Waals surface area contributed by atoms with Gasteiger partial charge in [0, 0.05) is 35.6 Å². The van der Waals surface area contributed by atoms with Gasteiger partial charge < -0.3 is 10.2 Å². The fourth-order valence-electron chi connectivity index (χ4n) is 3.78. The molecule has 2 aromatic carbocycles. The molecule has 0 heterocycles. The van der Waals surface area contributed by atoms with Gasteiger partial charge in [-0.05, 0) is 68.5 Å².